The molecule has 0 spiro atoms. The third kappa shape index (κ3) is 5.82. The van der Waals surface area contributed by atoms with Crippen LogP contribution in [0.4, 0.5) is 0 Å². The zero-order chi connectivity index (χ0) is 7.98. The van der Waals surface area contributed by atoms with E-state index >= 15 is 0 Å². The molecule has 0 atom stereocenters. The van der Waals surface area contributed by atoms with Gasteiger partial charge in [-0.05, 0) is 17.8 Å². The van der Waals surface area contributed by atoms with Gasteiger partial charge in [0, 0.05) is 6.42 Å². The summed E-state index contributed by atoms with van der Waals surface area (Å²) in [7, 11) is 1.40. The van der Waals surface area contributed by atoms with Crippen molar-refractivity contribution >= 4 is 21.9 Å². The first-order chi connectivity index (χ1) is 4.66. The van der Waals surface area contributed by atoms with Crippen LogP contribution in [-0.4, -0.2) is 13.1 Å². The van der Waals surface area contributed by atoms with E-state index in [2.05, 4.69) is 20.7 Å². The minimum absolute atomic E-state index is 0.162. The third-order valence-corrected chi connectivity index (χ3v) is 1.33. The normalized spacial score (nSPS) is 11.3. The molecule has 3 heteroatoms. The fraction of sp³-hybridized carbons (Fsp3) is 0.571. The number of carbonyl (C=O) groups excluding carboxylic acids is 1. The SMILES string of the molecule is COC(=O)CCC=C(C)Br. The minimum Gasteiger partial charge on any atom is -0.469 e. The van der Waals surface area contributed by atoms with Crippen LogP contribution in [0.2, 0.25) is 0 Å². The number of rotatable bonds is 3. The third-order valence-electron chi connectivity index (χ3n) is 1.00. The van der Waals surface area contributed by atoms with Gasteiger partial charge in [0.15, 0.2) is 0 Å². The molecule has 0 amide bonds. The van der Waals surface area contributed by atoms with Crippen LogP contribution in [0.5, 0.6) is 0 Å². The molecule has 0 aromatic rings. The summed E-state index contributed by atoms with van der Waals surface area (Å²) in [6, 6.07) is 0. The summed E-state index contributed by atoms with van der Waals surface area (Å²) in [6.45, 7) is 1.93. The van der Waals surface area contributed by atoms with Gasteiger partial charge in [0.1, 0.15) is 0 Å². The lowest BCUT2D eigenvalue weighted by Gasteiger charge is -1.93. The smallest absolute Gasteiger partial charge is 0.305 e. The monoisotopic (exact) mass is 206 g/mol. The molecule has 0 aromatic heterocycles. The van der Waals surface area contributed by atoms with Crippen molar-refractivity contribution in [3.63, 3.8) is 0 Å². The number of carbonyl (C=O) groups is 1. The molecule has 0 radical (unpaired) electrons. The molecule has 0 saturated heterocycles. The van der Waals surface area contributed by atoms with Crippen LogP contribution in [0.1, 0.15) is 19.8 Å². The van der Waals surface area contributed by atoms with Crippen LogP contribution in [0.15, 0.2) is 10.6 Å². The van der Waals surface area contributed by atoms with Crippen molar-refractivity contribution in [3.05, 3.63) is 10.6 Å². The summed E-state index contributed by atoms with van der Waals surface area (Å²) >= 11 is 3.26. The van der Waals surface area contributed by atoms with E-state index in [0.717, 1.165) is 10.9 Å². The van der Waals surface area contributed by atoms with Crippen molar-refractivity contribution in [1.82, 2.24) is 0 Å². The second kappa shape index (κ2) is 5.47. The molecular weight excluding hydrogens is 196 g/mol. The number of halogens is 1. The van der Waals surface area contributed by atoms with Crippen molar-refractivity contribution in [2.75, 3.05) is 7.11 Å². The molecule has 2 nitrogen and oxygen atoms in total. The molecule has 0 bridgehead atoms. The molecular formula is C7H11BrO2. The van der Waals surface area contributed by atoms with E-state index in [-0.39, 0.29) is 5.97 Å². The highest BCUT2D eigenvalue weighted by Gasteiger charge is 1.95. The Labute approximate surface area is 69.4 Å². The van der Waals surface area contributed by atoms with E-state index < -0.39 is 0 Å². The maximum absolute atomic E-state index is 10.5. The Morgan fingerprint density at radius 2 is 2.30 bits per heavy atom. The Morgan fingerprint density at radius 1 is 1.70 bits per heavy atom. The maximum Gasteiger partial charge on any atom is 0.305 e. The molecule has 0 N–H and O–H groups in total. The molecule has 0 rings (SSSR count). The largest absolute Gasteiger partial charge is 0.469 e. The van der Waals surface area contributed by atoms with E-state index in [1.165, 1.54) is 7.11 Å². The van der Waals surface area contributed by atoms with Crippen LogP contribution >= 0.6 is 15.9 Å². The molecule has 58 valence electrons. The first-order valence-corrected chi connectivity index (χ1v) is 3.85. The summed E-state index contributed by atoms with van der Waals surface area (Å²) in [5.74, 6) is -0.162. The van der Waals surface area contributed by atoms with Crippen LogP contribution in [0, 0.1) is 0 Å². The van der Waals surface area contributed by atoms with E-state index in [9.17, 15) is 4.79 Å². The Balaban J connectivity index is 3.37. The quantitative estimate of drug-likeness (QED) is 0.663. The summed E-state index contributed by atoms with van der Waals surface area (Å²) in [5, 5.41) is 0. The highest BCUT2D eigenvalue weighted by molar-refractivity contribution is 9.11. The molecule has 0 heterocycles. The number of esters is 1. The summed E-state index contributed by atoms with van der Waals surface area (Å²) in [4.78, 5) is 10.5. The Hall–Kier alpha value is -0.310. The first-order valence-electron chi connectivity index (χ1n) is 3.06. The van der Waals surface area contributed by atoms with Gasteiger partial charge in [-0.3, -0.25) is 4.79 Å². The second-order valence-corrected chi connectivity index (χ2v) is 3.16. The predicted molar refractivity (Wildman–Crippen MR) is 43.9 cm³/mol. The average Bonchev–Trinajstić information content (AvgIpc) is 1.87. The second-order valence-electron chi connectivity index (χ2n) is 1.91. The summed E-state index contributed by atoms with van der Waals surface area (Å²) in [6.07, 6.45) is 3.14. The zero-order valence-electron chi connectivity index (χ0n) is 6.19. The van der Waals surface area contributed by atoms with Gasteiger partial charge in [-0.15, -0.1) is 0 Å². The maximum atomic E-state index is 10.5. The Morgan fingerprint density at radius 3 is 2.70 bits per heavy atom. The molecule has 0 aromatic carbocycles. The first kappa shape index (κ1) is 9.69. The number of allylic oxidation sites excluding steroid dienone is 2. The minimum atomic E-state index is -0.162. The Kier molecular flexibility index (Phi) is 5.30. The molecule has 0 aliphatic carbocycles. The van der Waals surface area contributed by atoms with Crippen molar-refractivity contribution in [1.29, 1.82) is 0 Å². The van der Waals surface area contributed by atoms with E-state index in [4.69, 9.17) is 0 Å². The van der Waals surface area contributed by atoms with Gasteiger partial charge in [0.05, 0.1) is 7.11 Å². The molecule has 0 aliphatic rings. The van der Waals surface area contributed by atoms with Crippen molar-refractivity contribution < 1.29 is 9.53 Å². The van der Waals surface area contributed by atoms with Gasteiger partial charge in [-0.1, -0.05) is 22.0 Å². The zero-order valence-corrected chi connectivity index (χ0v) is 7.77. The topological polar surface area (TPSA) is 26.3 Å². The Bertz CT molecular complexity index is 137. The van der Waals surface area contributed by atoms with Gasteiger partial charge in [-0.2, -0.15) is 0 Å². The fourth-order valence-corrected chi connectivity index (χ4v) is 0.720. The fourth-order valence-electron chi connectivity index (χ4n) is 0.491. The van der Waals surface area contributed by atoms with E-state index in [1.807, 2.05) is 13.0 Å². The lowest BCUT2D eigenvalue weighted by atomic mass is 10.3. The number of methoxy groups -OCH3 is 1. The average molecular weight is 207 g/mol. The van der Waals surface area contributed by atoms with Gasteiger partial charge >= 0.3 is 5.97 Å². The number of hydrogen-bond acceptors (Lipinski definition) is 2. The highest BCUT2D eigenvalue weighted by Crippen LogP contribution is 2.05. The van der Waals surface area contributed by atoms with Crippen LogP contribution in [0.3, 0.4) is 0 Å². The lowest BCUT2D eigenvalue weighted by Crippen LogP contribution is -1.97. The van der Waals surface area contributed by atoms with Crippen molar-refractivity contribution in [2.45, 2.75) is 19.8 Å². The van der Waals surface area contributed by atoms with E-state index in [1.54, 1.807) is 0 Å². The standard InChI is InChI=1S/C7H11BrO2/c1-6(8)4-3-5-7(9)10-2/h4H,3,5H2,1-2H3. The van der Waals surface area contributed by atoms with Crippen molar-refractivity contribution in [2.24, 2.45) is 0 Å². The van der Waals surface area contributed by atoms with Crippen molar-refractivity contribution in [3.8, 4) is 0 Å². The van der Waals surface area contributed by atoms with E-state index in [0.29, 0.717) is 6.42 Å². The summed E-state index contributed by atoms with van der Waals surface area (Å²) in [5.41, 5.74) is 0. The molecule has 10 heavy (non-hydrogen) atoms. The molecule has 0 unspecified atom stereocenters. The van der Waals surface area contributed by atoms with Gasteiger partial charge < -0.3 is 4.74 Å². The lowest BCUT2D eigenvalue weighted by molar-refractivity contribution is -0.140. The predicted octanol–water partition coefficient (Wildman–Crippen LogP) is 2.24. The van der Waals surface area contributed by atoms with Crippen LogP contribution < -0.4 is 0 Å². The molecule has 0 fully saturated rings. The van der Waals surface area contributed by atoms with Crippen LogP contribution in [0.25, 0.3) is 0 Å². The number of ether oxygens (including phenoxy) is 1. The summed E-state index contributed by atoms with van der Waals surface area (Å²) < 4.78 is 5.50. The van der Waals surface area contributed by atoms with Gasteiger partial charge in [-0.25, -0.2) is 0 Å². The molecule has 0 saturated carbocycles. The van der Waals surface area contributed by atoms with Gasteiger partial charge in [0.2, 0.25) is 0 Å². The number of hydrogen-bond donors (Lipinski definition) is 0. The van der Waals surface area contributed by atoms with Gasteiger partial charge in [0.25, 0.3) is 0 Å². The highest BCUT2D eigenvalue weighted by atomic mass is 79.9. The van der Waals surface area contributed by atoms with Crippen LogP contribution in [-0.2, 0) is 9.53 Å². The molecule has 0 aliphatic heterocycles.